The van der Waals surface area contributed by atoms with Crippen LogP contribution in [0.3, 0.4) is 0 Å². The van der Waals surface area contributed by atoms with Crippen molar-refractivity contribution in [3.05, 3.63) is 18.0 Å². The number of nitrogens with zero attached hydrogens (tertiary/aromatic N) is 4. The first-order valence-corrected chi connectivity index (χ1v) is 7.67. The van der Waals surface area contributed by atoms with E-state index in [0.717, 1.165) is 31.7 Å². The first-order valence-electron chi connectivity index (χ1n) is 7.67. The van der Waals surface area contributed by atoms with E-state index in [1.54, 1.807) is 7.11 Å². The van der Waals surface area contributed by atoms with Gasteiger partial charge >= 0.3 is 0 Å². The lowest BCUT2D eigenvalue weighted by Crippen LogP contribution is -2.59. The van der Waals surface area contributed by atoms with Gasteiger partial charge in [0.05, 0.1) is 18.3 Å². The van der Waals surface area contributed by atoms with Crippen molar-refractivity contribution in [2.24, 2.45) is 13.0 Å². The van der Waals surface area contributed by atoms with Crippen LogP contribution in [0.15, 0.2) is 12.3 Å². The number of rotatable bonds is 5. The maximum atomic E-state index is 12.7. The van der Waals surface area contributed by atoms with E-state index in [4.69, 9.17) is 4.74 Å². The molecule has 0 spiro atoms. The Morgan fingerprint density at radius 3 is 3.05 bits per heavy atom. The lowest BCUT2D eigenvalue weighted by Gasteiger charge is -2.46. The third kappa shape index (κ3) is 2.96. The van der Waals surface area contributed by atoms with Gasteiger partial charge in [-0.1, -0.05) is 0 Å². The zero-order valence-corrected chi connectivity index (χ0v) is 12.9. The normalized spacial score (nSPS) is 26.4. The monoisotopic (exact) mass is 292 g/mol. The average molecular weight is 292 g/mol. The molecule has 2 atom stereocenters. The number of fused-ring (bicyclic) bond motifs is 2. The molecule has 0 aromatic carbocycles. The number of hydrogen-bond donors (Lipinski definition) is 0. The quantitative estimate of drug-likeness (QED) is 0.792. The van der Waals surface area contributed by atoms with Crippen LogP contribution in [-0.4, -0.2) is 64.9 Å². The molecule has 2 bridgehead atoms. The summed E-state index contributed by atoms with van der Waals surface area (Å²) in [6, 6.07) is 2.06. The van der Waals surface area contributed by atoms with Gasteiger partial charge in [0.2, 0.25) is 5.91 Å². The lowest BCUT2D eigenvalue weighted by molar-refractivity contribution is -0.146. The van der Waals surface area contributed by atoms with E-state index in [0.29, 0.717) is 19.1 Å². The van der Waals surface area contributed by atoms with Crippen molar-refractivity contribution >= 4 is 5.91 Å². The SMILES string of the molecule is COCCN1C[C@H]2CCN(Cc3ccnn3C)[C@H](C2)C1=O. The summed E-state index contributed by atoms with van der Waals surface area (Å²) < 4.78 is 7.01. The van der Waals surface area contributed by atoms with Crippen LogP contribution in [0.25, 0.3) is 0 Å². The van der Waals surface area contributed by atoms with Gasteiger partial charge in [0, 0.05) is 40.0 Å². The Hall–Kier alpha value is -1.40. The number of hydrogen-bond acceptors (Lipinski definition) is 4. The molecule has 2 fully saturated rings. The van der Waals surface area contributed by atoms with Crippen molar-refractivity contribution in [2.75, 3.05) is 33.4 Å². The molecule has 3 heterocycles. The van der Waals surface area contributed by atoms with Crippen molar-refractivity contribution in [3.63, 3.8) is 0 Å². The Morgan fingerprint density at radius 2 is 2.33 bits per heavy atom. The van der Waals surface area contributed by atoms with Gasteiger partial charge in [-0.2, -0.15) is 5.10 Å². The Labute approximate surface area is 125 Å². The molecule has 1 amide bonds. The van der Waals surface area contributed by atoms with Crippen molar-refractivity contribution < 1.29 is 9.53 Å². The number of carbonyl (C=O) groups excluding carboxylic acids is 1. The fourth-order valence-electron chi connectivity index (χ4n) is 3.48. The fourth-order valence-corrected chi connectivity index (χ4v) is 3.48. The van der Waals surface area contributed by atoms with Crippen LogP contribution in [0.5, 0.6) is 0 Å². The molecule has 6 heteroatoms. The van der Waals surface area contributed by atoms with Crippen LogP contribution >= 0.6 is 0 Å². The second-order valence-electron chi connectivity index (χ2n) is 6.10. The number of likely N-dealkylation sites (tertiary alicyclic amines) is 2. The van der Waals surface area contributed by atoms with E-state index in [-0.39, 0.29) is 11.9 Å². The Kier molecular flexibility index (Phi) is 4.26. The minimum absolute atomic E-state index is 0.0317. The van der Waals surface area contributed by atoms with Gasteiger partial charge in [-0.3, -0.25) is 14.4 Å². The molecule has 2 aliphatic rings. The maximum Gasteiger partial charge on any atom is 0.240 e. The molecule has 0 aliphatic carbocycles. The second-order valence-corrected chi connectivity index (χ2v) is 6.10. The predicted molar refractivity (Wildman–Crippen MR) is 78.6 cm³/mol. The summed E-state index contributed by atoms with van der Waals surface area (Å²) >= 11 is 0. The van der Waals surface area contributed by atoms with Crippen LogP contribution < -0.4 is 0 Å². The predicted octanol–water partition coefficient (Wildman–Crippen LogP) is 0.489. The van der Waals surface area contributed by atoms with Crippen LogP contribution in [0.4, 0.5) is 0 Å². The maximum absolute atomic E-state index is 12.7. The van der Waals surface area contributed by atoms with Crippen molar-refractivity contribution in [1.82, 2.24) is 19.6 Å². The first kappa shape index (κ1) is 14.5. The molecule has 3 rings (SSSR count). The lowest BCUT2D eigenvalue weighted by atomic mass is 9.86. The summed E-state index contributed by atoms with van der Waals surface area (Å²) in [5.74, 6) is 0.914. The summed E-state index contributed by atoms with van der Waals surface area (Å²) in [4.78, 5) is 17.0. The van der Waals surface area contributed by atoms with Gasteiger partial charge in [0.25, 0.3) is 0 Å². The number of aryl methyl sites for hydroxylation is 1. The Balaban J connectivity index is 1.70. The second kappa shape index (κ2) is 6.15. The van der Waals surface area contributed by atoms with Crippen molar-refractivity contribution in [1.29, 1.82) is 0 Å². The molecule has 21 heavy (non-hydrogen) atoms. The summed E-state index contributed by atoms with van der Waals surface area (Å²) in [6.07, 6.45) is 3.99. The molecule has 0 N–H and O–H groups in total. The Bertz CT molecular complexity index is 502. The fraction of sp³-hybridized carbons (Fsp3) is 0.733. The summed E-state index contributed by atoms with van der Waals surface area (Å²) in [5.41, 5.74) is 1.16. The van der Waals surface area contributed by atoms with Gasteiger partial charge in [-0.25, -0.2) is 0 Å². The van der Waals surface area contributed by atoms with Crippen molar-refractivity contribution in [2.45, 2.75) is 25.4 Å². The zero-order valence-electron chi connectivity index (χ0n) is 12.9. The van der Waals surface area contributed by atoms with Gasteiger partial charge < -0.3 is 9.64 Å². The number of amides is 1. The van der Waals surface area contributed by atoms with Gasteiger partial charge in [0.1, 0.15) is 0 Å². The van der Waals surface area contributed by atoms with Gasteiger partial charge in [-0.05, 0) is 31.4 Å². The smallest absolute Gasteiger partial charge is 0.240 e. The molecule has 0 unspecified atom stereocenters. The summed E-state index contributed by atoms with van der Waals surface area (Å²) in [6.45, 7) is 4.04. The van der Waals surface area contributed by atoms with E-state index in [1.807, 2.05) is 28.9 Å². The number of ether oxygens (including phenoxy) is 1. The third-order valence-electron chi connectivity index (χ3n) is 4.75. The topological polar surface area (TPSA) is 50.6 Å². The molecular weight excluding hydrogens is 268 g/mol. The van der Waals surface area contributed by atoms with E-state index < -0.39 is 0 Å². The number of methoxy groups -OCH3 is 1. The van der Waals surface area contributed by atoms with Crippen LogP contribution in [-0.2, 0) is 23.1 Å². The van der Waals surface area contributed by atoms with Gasteiger partial charge in [-0.15, -0.1) is 0 Å². The zero-order chi connectivity index (χ0) is 14.8. The highest BCUT2D eigenvalue weighted by Crippen LogP contribution is 2.30. The number of aromatic nitrogens is 2. The molecular formula is C15H24N4O2. The molecule has 2 aliphatic heterocycles. The molecule has 6 nitrogen and oxygen atoms in total. The molecule has 116 valence electrons. The highest BCUT2D eigenvalue weighted by atomic mass is 16.5. The van der Waals surface area contributed by atoms with E-state index in [1.165, 1.54) is 6.42 Å². The van der Waals surface area contributed by atoms with Crippen LogP contribution in [0.2, 0.25) is 0 Å². The highest BCUT2D eigenvalue weighted by Gasteiger charge is 2.41. The standard InChI is InChI=1S/C15H24N4O2/c1-17-13(3-5-16-17)11-18-6-4-12-9-14(18)15(20)19(10-12)7-8-21-2/h3,5,12,14H,4,6-11H2,1-2H3/t12-,14+/m0/s1. The molecule has 1 aromatic heterocycles. The third-order valence-corrected chi connectivity index (χ3v) is 4.75. The number of piperidine rings is 2. The molecule has 2 saturated heterocycles. The summed E-state index contributed by atoms with van der Waals surface area (Å²) in [7, 11) is 3.64. The largest absolute Gasteiger partial charge is 0.383 e. The van der Waals surface area contributed by atoms with E-state index in [2.05, 4.69) is 10.00 Å². The molecule has 1 aromatic rings. The Morgan fingerprint density at radius 1 is 1.48 bits per heavy atom. The summed E-state index contributed by atoms with van der Waals surface area (Å²) in [5, 5.41) is 4.21. The number of carbonyl (C=O) groups is 1. The average Bonchev–Trinajstić information content (AvgIpc) is 2.89. The highest BCUT2D eigenvalue weighted by molar-refractivity contribution is 5.83. The first-order chi connectivity index (χ1) is 10.2. The van der Waals surface area contributed by atoms with E-state index in [9.17, 15) is 4.79 Å². The van der Waals surface area contributed by atoms with Gasteiger partial charge in [0.15, 0.2) is 0 Å². The van der Waals surface area contributed by atoms with E-state index >= 15 is 0 Å². The van der Waals surface area contributed by atoms with Crippen molar-refractivity contribution in [3.8, 4) is 0 Å². The minimum Gasteiger partial charge on any atom is -0.383 e. The van der Waals surface area contributed by atoms with Crippen LogP contribution in [0, 0.1) is 5.92 Å². The minimum atomic E-state index is 0.0317. The molecule has 0 radical (unpaired) electrons. The van der Waals surface area contributed by atoms with Crippen LogP contribution in [0.1, 0.15) is 18.5 Å². The molecule has 0 saturated carbocycles.